The summed E-state index contributed by atoms with van der Waals surface area (Å²) in [6.07, 6.45) is 1.77. The van der Waals surface area contributed by atoms with Crippen LogP contribution in [0.4, 0.5) is 0 Å². The fourth-order valence-electron chi connectivity index (χ4n) is 1.55. The van der Waals surface area contributed by atoms with Gasteiger partial charge < -0.3 is 0 Å². The summed E-state index contributed by atoms with van der Waals surface area (Å²) in [6, 6.07) is 13.6. The quantitative estimate of drug-likeness (QED) is 0.735. The smallest absolute Gasteiger partial charge is 0.0991 e. The number of nitriles is 1. The second kappa shape index (κ2) is 6.44. The number of aromatic nitrogens is 1. The molecule has 0 aliphatic heterocycles. The summed E-state index contributed by atoms with van der Waals surface area (Å²) in [4.78, 5) is 4.23. The van der Waals surface area contributed by atoms with E-state index in [2.05, 4.69) is 11.1 Å². The third-order valence-corrected chi connectivity index (χ3v) is 2.31. The molecule has 0 bridgehead atoms. The first-order chi connectivity index (χ1) is 8.31. The molecule has 2 heteroatoms. The lowest BCUT2D eigenvalue weighted by molar-refractivity contribution is 1.20. The van der Waals surface area contributed by atoms with Crippen molar-refractivity contribution in [3.05, 3.63) is 53.9 Å². The summed E-state index contributed by atoms with van der Waals surface area (Å²) >= 11 is 0. The predicted octanol–water partition coefficient (Wildman–Crippen LogP) is 3.95. The van der Waals surface area contributed by atoms with Crippen molar-refractivity contribution >= 4 is 0 Å². The number of benzene rings is 1. The van der Waals surface area contributed by atoms with Crippen molar-refractivity contribution in [3.63, 3.8) is 0 Å². The van der Waals surface area contributed by atoms with Gasteiger partial charge in [-0.25, -0.2) is 0 Å². The summed E-state index contributed by atoms with van der Waals surface area (Å²) in [5, 5.41) is 8.81. The van der Waals surface area contributed by atoms with Gasteiger partial charge in [0.1, 0.15) is 0 Å². The Labute approximate surface area is 103 Å². The van der Waals surface area contributed by atoms with Gasteiger partial charge in [-0.1, -0.05) is 32.0 Å². The third-order valence-electron chi connectivity index (χ3n) is 2.31. The van der Waals surface area contributed by atoms with Crippen molar-refractivity contribution in [1.82, 2.24) is 4.98 Å². The van der Waals surface area contributed by atoms with Crippen LogP contribution in [0.25, 0.3) is 11.1 Å². The zero-order valence-electron chi connectivity index (χ0n) is 10.4. The van der Waals surface area contributed by atoms with E-state index in [0.717, 1.165) is 16.8 Å². The number of hydrogen-bond donors (Lipinski definition) is 0. The van der Waals surface area contributed by atoms with Gasteiger partial charge in [0.2, 0.25) is 0 Å². The van der Waals surface area contributed by atoms with Gasteiger partial charge in [0.15, 0.2) is 0 Å². The van der Waals surface area contributed by atoms with Gasteiger partial charge in [-0.3, -0.25) is 4.98 Å². The molecule has 0 aliphatic rings. The van der Waals surface area contributed by atoms with Crippen LogP contribution in [0, 0.1) is 18.3 Å². The van der Waals surface area contributed by atoms with E-state index in [1.807, 2.05) is 51.1 Å². The first kappa shape index (κ1) is 12.9. The van der Waals surface area contributed by atoms with Crippen LogP contribution < -0.4 is 0 Å². The van der Waals surface area contributed by atoms with Crippen molar-refractivity contribution in [2.24, 2.45) is 0 Å². The molecule has 0 aliphatic carbocycles. The van der Waals surface area contributed by atoms with Crippen LogP contribution in [0.3, 0.4) is 0 Å². The average Bonchev–Trinajstić information content (AvgIpc) is 2.42. The number of hydrogen-bond acceptors (Lipinski definition) is 2. The first-order valence-electron chi connectivity index (χ1n) is 5.73. The summed E-state index contributed by atoms with van der Waals surface area (Å²) < 4.78 is 0. The van der Waals surface area contributed by atoms with Gasteiger partial charge in [0.25, 0.3) is 0 Å². The number of nitrogens with zero attached hydrogens (tertiary/aromatic N) is 2. The highest BCUT2D eigenvalue weighted by atomic mass is 14.7. The minimum atomic E-state index is 0.677. The molecular weight excluding hydrogens is 208 g/mol. The molecule has 2 nitrogen and oxygen atoms in total. The molecule has 0 fully saturated rings. The number of pyridine rings is 1. The molecule has 1 aromatic heterocycles. The predicted molar refractivity (Wildman–Crippen MR) is 70.5 cm³/mol. The van der Waals surface area contributed by atoms with Gasteiger partial charge in [0.05, 0.1) is 11.6 Å². The van der Waals surface area contributed by atoms with E-state index in [0.29, 0.717) is 5.56 Å². The highest BCUT2D eigenvalue weighted by Crippen LogP contribution is 2.22. The van der Waals surface area contributed by atoms with E-state index < -0.39 is 0 Å². The lowest BCUT2D eigenvalue weighted by atomic mass is 10.0. The van der Waals surface area contributed by atoms with Gasteiger partial charge in [-0.15, -0.1) is 0 Å². The van der Waals surface area contributed by atoms with E-state index >= 15 is 0 Å². The van der Waals surface area contributed by atoms with Crippen molar-refractivity contribution in [2.75, 3.05) is 0 Å². The Bertz CT molecular complexity index is 524. The lowest BCUT2D eigenvalue weighted by Crippen LogP contribution is -1.86. The zero-order valence-corrected chi connectivity index (χ0v) is 10.4. The molecule has 86 valence electrons. The van der Waals surface area contributed by atoms with Crippen LogP contribution in [0.1, 0.15) is 25.1 Å². The molecule has 0 saturated heterocycles. The summed E-state index contributed by atoms with van der Waals surface area (Å²) in [6.45, 7) is 5.97. The second-order valence-electron chi connectivity index (χ2n) is 3.33. The Morgan fingerprint density at radius 1 is 1.12 bits per heavy atom. The average molecular weight is 224 g/mol. The second-order valence-corrected chi connectivity index (χ2v) is 3.33. The Hall–Kier alpha value is -2.14. The fraction of sp³-hybridized carbons (Fsp3) is 0.200. The topological polar surface area (TPSA) is 36.7 Å². The van der Waals surface area contributed by atoms with E-state index in [9.17, 15) is 0 Å². The zero-order chi connectivity index (χ0) is 12.7. The SMILES string of the molecule is CC.Cc1ncccc1-c1cccc(C#N)c1. The highest BCUT2D eigenvalue weighted by Gasteiger charge is 2.02. The molecule has 2 rings (SSSR count). The highest BCUT2D eigenvalue weighted by molar-refractivity contribution is 5.66. The molecule has 0 saturated carbocycles. The fourth-order valence-corrected chi connectivity index (χ4v) is 1.55. The Kier molecular flexibility index (Phi) is 4.90. The van der Waals surface area contributed by atoms with Crippen molar-refractivity contribution in [3.8, 4) is 17.2 Å². The molecule has 1 aromatic carbocycles. The third kappa shape index (κ3) is 3.15. The van der Waals surface area contributed by atoms with Crippen LogP contribution in [-0.4, -0.2) is 4.98 Å². The summed E-state index contributed by atoms with van der Waals surface area (Å²) in [5.41, 5.74) is 3.78. The van der Waals surface area contributed by atoms with Gasteiger partial charge in [-0.2, -0.15) is 5.26 Å². The Morgan fingerprint density at radius 2 is 1.88 bits per heavy atom. The van der Waals surface area contributed by atoms with E-state index in [-0.39, 0.29) is 0 Å². The maximum atomic E-state index is 8.81. The summed E-state index contributed by atoms with van der Waals surface area (Å²) in [7, 11) is 0. The number of aryl methyl sites for hydroxylation is 1. The molecule has 0 spiro atoms. The maximum Gasteiger partial charge on any atom is 0.0991 e. The standard InChI is InChI=1S/C13H10N2.C2H6/c1-10-13(6-3-7-15-10)12-5-2-4-11(8-12)9-14;1-2/h2-8H,1H3;1-2H3. The molecule has 0 amide bonds. The van der Waals surface area contributed by atoms with Gasteiger partial charge in [-0.05, 0) is 30.7 Å². The van der Waals surface area contributed by atoms with Crippen LogP contribution >= 0.6 is 0 Å². The largest absolute Gasteiger partial charge is 0.261 e. The molecule has 0 atom stereocenters. The maximum absolute atomic E-state index is 8.81. The van der Waals surface area contributed by atoms with Crippen LogP contribution in [-0.2, 0) is 0 Å². The van der Waals surface area contributed by atoms with Crippen LogP contribution in [0.2, 0.25) is 0 Å². The monoisotopic (exact) mass is 224 g/mol. The molecule has 17 heavy (non-hydrogen) atoms. The number of rotatable bonds is 1. The molecule has 0 N–H and O–H groups in total. The van der Waals surface area contributed by atoms with E-state index in [1.165, 1.54) is 0 Å². The Morgan fingerprint density at radius 3 is 2.53 bits per heavy atom. The lowest BCUT2D eigenvalue weighted by Gasteiger charge is -2.04. The van der Waals surface area contributed by atoms with Crippen molar-refractivity contribution < 1.29 is 0 Å². The van der Waals surface area contributed by atoms with Gasteiger partial charge in [0, 0.05) is 17.5 Å². The molecule has 1 heterocycles. The van der Waals surface area contributed by atoms with Crippen LogP contribution in [0.15, 0.2) is 42.6 Å². The van der Waals surface area contributed by atoms with E-state index in [4.69, 9.17) is 5.26 Å². The van der Waals surface area contributed by atoms with E-state index in [1.54, 1.807) is 12.3 Å². The minimum absolute atomic E-state index is 0.677. The molecular formula is C15H16N2. The summed E-state index contributed by atoms with van der Waals surface area (Å²) in [5.74, 6) is 0. The minimum Gasteiger partial charge on any atom is -0.261 e. The molecule has 0 unspecified atom stereocenters. The van der Waals surface area contributed by atoms with Crippen molar-refractivity contribution in [1.29, 1.82) is 5.26 Å². The van der Waals surface area contributed by atoms with Gasteiger partial charge >= 0.3 is 0 Å². The molecule has 2 aromatic rings. The normalized spacial score (nSPS) is 8.82. The van der Waals surface area contributed by atoms with Crippen molar-refractivity contribution in [2.45, 2.75) is 20.8 Å². The Balaban J connectivity index is 0.000000686. The van der Waals surface area contributed by atoms with Crippen LogP contribution in [0.5, 0.6) is 0 Å². The molecule has 0 radical (unpaired) electrons. The first-order valence-corrected chi connectivity index (χ1v) is 5.73.